The van der Waals surface area contributed by atoms with Gasteiger partial charge < -0.3 is 24.1 Å². The smallest absolute Gasteiger partial charge is 0.318 e. The molecule has 0 aliphatic carbocycles. The van der Waals surface area contributed by atoms with E-state index in [0.29, 0.717) is 6.54 Å². The molecule has 4 rings (SSSR count). The van der Waals surface area contributed by atoms with Crippen LogP contribution in [0.5, 0.6) is 11.5 Å². The van der Waals surface area contributed by atoms with Crippen molar-refractivity contribution in [2.75, 3.05) is 20.8 Å². The van der Waals surface area contributed by atoms with Gasteiger partial charge in [-0.3, -0.25) is 0 Å². The van der Waals surface area contributed by atoms with E-state index in [2.05, 4.69) is 5.32 Å². The zero-order valence-electron chi connectivity index (χ0n) is 17.0. The van der Waals surface area contributed by atoms with Crippen LogP contribution in [-0.2, 0) is 0 Å². The van der Waals surface area contributed by atoms with Gasteiger partial charge in [0.2, 0.25) is 0 Å². The van der Waals surface area contributed by atoms with E-state index in [-0.39, 0.29) is 18.1 Å². The average molecular weight is 394 g/mol. The number of nitrogens with zero attached hydrogens (tertiary/aromatic N) is 1. The van der Waals surface area contributed by atoms with Crippen LogP contribution in [0.4, 0.5) is 4.79 Å². The van der Waals surface area contributed by atoms with Crippen LogP contribution in [0.3, 0.4) is 0 Å². The summed E-state index contributed by atoms with van der Waals surface area (Å²) in [5, 5.41) is 4.12. The summed E-state index contributed by atoms with van der Waals surface area (Å²) in [6, 6.07) is 15.1. The highest BCUT2D eigenvalue weighted by Gasteiger charge is 2.33. The molecule has 2 unspecified atom stereocenters. The van der Waals surface area contributed by atoms with Crippen LogP contribution >= 0.6 is 0 Å². The second-order valence-corrected chi connectivity index (χ2v) is 7.32. The van der Waals surface area contributed by atoms with E-state index >= 15 is 0 Å². The third kappa shape index (κ3) is 3.75. The van der Waals surface area contributed by atoms with E-state index in [9.17, 15) is 4.79 Å². The Hall–Kier alpha value is -3.15. The molecule has 2 heterocycles. The Bertz CT molecular complexity index is 980. The van der Waals surface area contributed by atoms with Crippen molar-refractivity contribution >= 4 is 17.0 Å². The van der Waals surface area contributed by atoms with Gasteiger partial charge in [0.15, 0.2) is 0 Å². The highest BCUT2D eigenvalue weighted by Crippen LogP contribution is 2.39. The van der Waals surface area contributed by atoms with Crippen LogP contribution in [-0.4, -0.2) is 31.7 Å². The Labute approximate surface area is 170 Å². The first-order valence-corrected chi connectivity index (χ1v) is 9.88. The molecule has 0 saturated carbocycles. The number of furan rings is 1. The first-order chi connectivity index (χ1) is 14.1. The maximum atomic E-state index is 13.1. The number of nitrogens with one attached hydrogen (secondary N) is 1. The Morgan fingerprint density at radius 1 is 1.17 bits per heavy atom. The average Bonchev–Trinajstić information content (AvgIpc) is 3.40. The predicted molar refractivity (Wildman–Crippen MR) is 111 cm³/mol. The maximum Gasteiger partial charge on any atom is 0.318 e. The summed E-state index contributed by atoms with van der Waals surface area (Å²) in [5.41, 5.74) is 1.79. The van der Waals surface area contributed by atoms with Crippen molar-refractivity contribution in [2.45, 2.75) is 31.8 Å². The van der Waals surface area contributed by atoms with Crippen molar-refractivity contribution in [1.29, 1.82) is 0 Å². The Morgan fingerprint density at radius 3 is 2.76 bits per heavy atom. The monoisotopic (exact) mass is 394 g/mol. The van der Waals surface area contributed by atoms with Crippen molar-refractivity contribution < 1.29 is 18.7 Å². The van der Waals surface area contributed by atoms with Crippen molar-refractivity contribution in [2.24, 2.45) is 0 Å². The van der Waals surface area contributed by atoms with Crippen LogP contribution < -0.4 is 14.8 Å². The molecule has 2 aromatic carbocycles. The predicted octanol–water partition coefficient (Wildman–Crippen LogP) is 5.06. The number of hydrogen-bond donors (Lipinski definition) is 1. The van der Waals surface area contributed by atoms with E-state index in [0.717, 1.165) is 46.6 Å². The third-order valence-corrected chi connectivity index (χ3v) is 5.52. The van der Waals surface area contributed by atoms with E-state index in [4.69, 9.17) is 13.9 Å². The summed E-state index contributed by atoms with van der Waals surface area (Å²) in [6.45, 7) is 2.64. The van der Waals surface area contributed by atoms with Crippen molar-refractivity contribution in [3.63, 3.8) is 0 Å². The molecule has 6 heteroatoms. The molecule has 0 radical (unpaired) electrons. The molecule has 1 N–H and O–H groups in total. The number of carbonyl (C=O) groups is 1. The van der Waals surface area contributed by atoms with Gasteiger partial charge in [0, 0.05) is 17.5 Å². The van der Waals surface area contributed by atoms with Gasteiger partial charge in [-0.15, -0.1) is 0 Å². The second-order valence-electron chi connectivity index (χ2n) is 7.32. The lowest BCUT2D eigenvalue weighted by atomic mass is 10.0. The SMILES string of the molecule is COc1ccc(OC)c(C2CCCN2C(=O)NC(C)c2cc3ccccc3o2)c1. The number of methoxy groups -OCH3 is 2. The lowest BCUT2D eigenvalue weighted by Crippen LogP contribution is -2.40. The molecule has 1 saturated heterocycles. The molecule has 1 fully saturated rings. The molecule has 0 spiro atoms. The quantitative estimate of drug-likeness (QED) is 0.657. The van der Waals surface area contributed by atoms with Crippen LogP contribution in [0.2, 0.25) is 0 Å². The summed E-state index contributed by atoms with van der Waals surface area (Å²) in [5.74, 6) is 2.26. The summed E-state index contributed by atoms with van der Waals surface area (Å²) >= 11 is 0. The van der Waals surface area contributed by atoms with Crippen molar-refractivity contribution in [1.82, 2.24) is 10.2 Å². The summed E-state index contributed by atoms with van der Waals surface area (Å²) in [4.78, 5) is 15.0. The van der Waals surface area contributed by atoms with Crippen LogP contribution in [0.25, 0.3) is 11.0 Å². The number of hydrogen-bond acceptors (Lipinski definition) is 4. The van der Waals surface area contributed by atoms with Crippen molar-refractivity contribution in [3.8, 4) is 11.5 Å². The van der Waals surface area contributed by atoms with Gasteiger partial charge >= 0.3 is 6.03 Å². The molecule has 1 aliphatic heterocycles. The zero-order chi connectivity index (χ0) is 20.4. The molecule has 2 atom stereocenters. The normalized spacial score (nSPS) is 17.3. The number of para-hydroxylation sites is 1. The van der Waals surface area contributed by atoms with Crippen LogP contribution in [0.1, 0.15) is 43.2 Å². The van der Waals surface area contributed by atoms with E-state index in [1.165, 1.54) is 0 Å². The fourth-order valence-corrected chi connectivity index (χ4v) is 3.99. The van der Waals surface area contributed by atoms with Gasteiger partial charge in [0.1, 0.15) is 22.8 Å². The summed E-state index contributed by atoms with van der Waals surface area (Å²) in [7, 11) is 3.29. The number of likely N-dealkylation sites (tertiary alicyclic amines) is 1. The molecule has 152 valence electrons. The number of fused-ring (bicyclic) bond motifs is 1. The summed E-state index contributed by atoms with van der Waals surface area (Å²) in [6.07, 6.45) is 1.83. The molecule has 3 aromatic rings. The lowest BCUT2D eigenvalue weighted by molar-refractivity contribution is 0.187. The molecule has 0 bridgehead atoms. The largest absolute Gasteiger partial charge is 0.497 e. The lowest BCUT2D eigenvalue weighted by Gasteiger charge is -2.28. The standard InChI is InChI=1S/C23H26N2O4/c1-15(22-13-16-7-4-5-9-20(16)29-22)24-23(26)25-12-6-8-19(25)18-14-17(27-2)10-11-21(18)28-3/h4-5,7,9-11,13-15,19H,6,8,12H2,1-3H3,(H,24,26). The molecular weight excluding hydrogens is 368 g/mol. The third-order valence-electron chi connectivity index (χ3n) is 5.52. The maximum absolute atomic E-state index is 13.1. The van der Waals surface area contributed by atoms with Gasteiger partial charge in [-0.1, -0.05) is 18.2 Å². The topological polar surface area (TPSA) is 63.9 Å². The Kier molecular flexibility index (Phi) is 5.34. The summed E-state index contributed by atoms with van der Waals surface area (Å²) < 4.78 is 16.8. The fourth-order valence-electron chi connectivity index (χ4n) is 3.99. The first-order valence-electron chi connectivity index (χ1n) is 9.88. The highest BCUT2D eigenvalue weighted by molar-refractivity contribution is 5.79. The number of benzene rings is 2. The zero-order valence-corrected chi connectivity index (χ0v) is 17.0. The number of carbonyl (C=O) groups excluding carboxylic acids is 1. The number of urea groups is 1. The number of rotatable bonds is 5. The number of amides is 2. The minimum atomic E-state index is -0.233. The van der Waals surface area contributed by atoms with E-state index in [1.807, 2.05) is 60.4 Å². The number of ether oxygens (including phenoxy) is 2. The van der Waals surface area contributed by atoms with Crippen molar-refractivity contribution in [3.05, 3.63) is 59.9 Å². The second kappa shape index (κ2) is 8.07. The molecule has 29 heavy (non-hydrogen) atoms. The Morgan fingerprint density at radius 2 is 2.00 bits per heavy atom. The van der Waals surface area contributed by atoms with E-state index < -0.39 is 0 Å². The molecule has 6 nitrogen and oxygen atoms in total. The van der Waals surface area contributed by atoms with Gasteiger partial charge in [0.25, 0.3) is 0 Å². The first kappa shape index (κ1) is 19.2. The minimum Gasteiger partial charge on any atom is -0.497 e. The van der Waals surface area contributed by atoms with Gasteiger partial charge in [-0.25, -0.2) is 4.79 Å². The van der Waals surface area contributed by atoms with E-state index in [1.54, 1.807) is 14.2 Å². The molecule has 2 amide bonds. The van der Waals surface area contributed by atoms with Gasteiger partial charge in [-0.2, -0.15) is 0 Å². The van der Waals surface area contributed by atoms with Gasteiger partial charge in [0.05, 0.1) is 26.3 Å². The molecule has 1 aliphatic rings. The molecule has 1 aromatic heterocycles. The van der Waals surface area contributed by atoms with Crippen LogP contribution in [0.15, 0.2) is 52.9 Å². The highest BCUT2D eigenvalue weighted by atomic mass is 16.5. The Balaban J connectivity index is 1.53. The molecular formula is C23H26N2O4. The minimum absolute atomic E-state index is 0.0528. The van der Waals surface area contributed by atoms with Gasteiger partial charge in [-0.05, 0) is 50.1 Å². The fraction of sp³-hybridized carbons (Fsp3) is 0.348. The van der Waals surface area contributed by atoms with Crippen LogP contribution in [0, 0.1) is 0 Å².